The molecule has 0 aromatic heterocycles. The minimum absolute atomic E-state index is 0.250. The molecule has 0 spiro atoms. The summed E-state index contributed by atoms with van der Waals surface area (Å²) >= 11 is 0. The highest BCUT2D eigenvalue weighted by Gasteiger charge is 1.96. The number of unbranched alkanes of at least 4 members (excludes halogenated alkanes) is 12. The first-order valence-electron chi connectivity index (χ1n) is 10.6. The fourth-order valence-electron chi connectivity index (χ4n) is 2.33. The molecule has 0 unspecified atom stereocenters. The summed E-state index contributed by atoms with van der Waals surface area (Å²) in [6.07, 6.45) is 18.1. The molecule has 0 radical (unpaired) electrons. The van der Waals surface area contributed by atoms with E-state index in [0.717, 1.165) is 19.4 Å². The Morgan fingerprint density at radius 3 is 1.28 bits per heavy atom. The van der Waals surface area contributed by atoms with Gasteiger partial charge in [-0.2, -0.15) is 0 Å². The molecule has 0 fully saturated rings. The van der Waals surface area contributed by atoms with Gasteiger partial charge in [0, 0.05) is 13.0 Å². The van der Waals surface area contributed by atoms with Crippen LogP contribution in [0.2, 0.25) is 0 Å². The first-order chi connectivity index (χ1) is 12.1. The highest BCUT2D eigenvalue weighted by Crippen LogP contribution is 2.11. The van der Waals surface area contributed by atoms with Crippen molar-refractivity contribution in [2.45, 2.75) is 117 Å². The summed E-state index contributed by atoms with van der Waals surface area (Å²) in [6.45, 7) is 7.21. The monoisotopic (exact) mass is 361 g/mol. The van der Waals surface area contributed by atoms with Gasteiger partial charge in [-0.15, -0.1) is 0 Å². The molecule has 0 aromatic carbocycles. The Labute approximate surface area is 157 Å². The third-order valence-corrected chi connectivity index (χ3v) is 3.80. The van der Waals surface area contributed by atoms with Gasteiger partial charge in [-0.3, -0.25) is 4.79 Å². The van der Waals surface area contributed by atoms with Gasteiger partial charge in [0.2, 0.25) is 0 Å². The molecule has 0 saturated heterocycles. The van der Waals surface area contributed by atoms with Crippen molar-refractivity contribution in [2.24, 2.45) is 5.73 Å². The van der Waals surface area contributed by atoms with E-state index in [2.05, 4.69) is 13.8 Å². The number of aliphatic hydroxyl groups is 1. The number of nitrogens with two attached hydrogens (primary N) is 1. The third kappa shape index (κ3) is 45.2. The molecule has 4 heteroatoms. The van der Waals surface area contributed by atoms with Gasteiger partial charge >= 0.3 is 5.97 Å². The van der Waals surface area contributed by atoms with E-state index in [1.807, 2.05) is 0 Å². The molecule has 25 heavy (non-hydrogen) atoms. The number of aliphatic hydroxyl groups excluding tert-OH is 1. The molecule has 0 aliphatic rings. The summed E-state index contributed by atoms with van der Waals surface area (Å²) in [5, 5.41) is 16.0. The Morgan fingerprint density at radius 1 is 0.680 bits per heavy atom. The van der Waals surface area contributed by atoms with Gasteiger partial charge in [-0.1, -0.05) is 90.9 Å². The van der Waals surface area contributed by atoms with Gasteiger partial charge in [0.25, 0.3) is 0 Å². The zero-order valence-corrected chi connectivity index (χ0v) is 17.4. The van der Waals surface area contributed by atoms with E-state index in [9.17, 15) is 4.79 Å². The summed E-state index contributed by atoms with van der Waals surface area (Å²) in [5.74, 6) is -0.657. The Hall–Kier alpha value is -0.610. The quantitative estimate of drug-likeness (QED) is 0.317. The first-order valence-corrected chi connectivity index (χ1v) is 10.6. The van der Waals surface area contributed by atoms with Crippen molar-refractivity contribution in [3.8, 4) is 0 Å². The van der Waals surface area contributed by atoms with Crippen molar-refractivity contribution in [2.75, 3.05) is 13.2 Å². The Balaban J connectivity index is -0.000000445. The normalized spacial score (nSPS) is 9.64. The molecule has 4 N–H and O–H groups in total. The van der Waals surface area contributed by atoms with E-state index in [4.69, 9.17) is 15.9 Å². The standard InChI is InChI=1S/C14H28O2.C5H13N.C2H6O/c1-2-3-4-5-6-7-8-9-10-11-12-13-14(15)16;1-2-3-4-5-6;1-2-3/h2-13H2,1H3,(H,15,16);2-6H2,1H3;3H,2H2,1H3. The number of carbonyl (C=O) groups is 1. The lowest BCUT2D eigenvalue weighted by atomic mass is 10.1. The van der Waals surface area contributed by atoms with Gasteiger partial charge in [0.15, 0.2) is 0 Å². The highest BCUT2D eigenvalue weighted by atomic mass is 16.4. The van der Waals surface area contributed by atoms with Gasteiger partial charge in [-0.25, -0.2) is 0 Å². The Bertz CT molecular complexity index is 219. The van der Waals surface area contributed by atoms with Crippen LogP contribution in [0.3, 0.4) is 0 Å². The number of carboxylic acid groups (broad SMARTS) is 1. The van der Waals surface area contributed by atoms with Gasteiger partial charge in [0.05, 0.1) is 0 Å². The molecule has 0 heterocycles. The number of aliphatic carboxylic acids is 1. The predicted octanol–water partition coefficient (Wildman–Crippen LogP) is 5.91. The van der Waals surface area contributed by atoms with Crippen LogP contribution in [-0.4, -0.2) is 29.3 Å². The second kappa shape index (κ2) is 31.2. The molecule has 0 atom stereocenters. The van der Waals surface area contributed by atoms with Crippen LogP contribution < -0.4 is 5.73 Å². The molecule has 0 rings (SSSR count). The number of hydrogen-bond donors (Lipinski definition) is 3. The van der Waals surface area contributed by atoms with Crippen LogP contribution in [0.1, 0.15) is 117 Å². The lowest BCUT2D eigenvalue weighted by Gasteiger charge is -2.01. The lowest BCUT2D eigenvalue weighted by molar-refractivity contribution is -0.137. The number of hydrogen-bond acceptors (Lipinski definition) is 3. The van der Waals surface area contributed by atoms with Crippen molar-refractivity contribution in [3.05, 3.63) is 0 Å². The van der Waals surface area contributed by atoms with Crippen LogP contribution >= 0.6 is 0 Å². The Morgan fingerprint density at radius 2 is 1.00 bits per heavy atom. The predicted molar refractivity (Wildman–Crippen MR) is 110 cm³/mol. The van der Waals surface area contributed by atoms with Crippen LogP contribution in [-0.2, 0) is 4.79 Å². The summed E-state index contributed by atoms with van der Waals surface area (Å²) in [5.41, 5.74) is 5.21. The highest BCUT2D eigenvalue weighted by molar-refractivity contribution is 5.66. The maximum Gasteiger partial charge on any atom is 0.303 e. The maximum absolute atomic E-state index is 10.3. The summed E-state index contributed by atoms with van der Waals surface area (Å²) in [7, 11) is 0. The van der Waals surface area contributed by atoms with Crippen LogP contribution in [0, 0.1) is 0 Å². The van der Waals surface area contributed by atoms with Crippen molar-refractivity contribution >= 4 is 5.97 Å². The molecule has 154 valence electrons. The second-order valence-electron chi connectivity index (χ2n) is 6.49. The zero-order valence-electron chi connectivity index (χ0n) is 17.4. The van der Waals surface area contributed by atoms with Crippen LogP contribution in [0.15, 0.2) is 0 Å². The fourth-order valence-corrected chi connectivity index (χ4v) is 2.33. The average molecular weight is 362 g/mol. The Kier molecular flexibility index (Phi) is 36.4. The summed E-state index contributed by atoms with van der Waals surface area (Å²) < 4.78 is 0. The molecule has 0 bridgehead atoms. The zero-order chi connectivity index (χ0) is 19.6. The lowest BCUT2D eigenvalue weighted by Crippen LogP contribution is -1.96. The van der Waals surface area contributed by atoms with Gasteiger partial charge in [0.1, 0.15) is 0 Å². The number of carboxylic acids is 1. The van der Waals surface area contributed by atoms with Gasteiger partial charge < -0.3 is 15.9 Å². The smallest absolute Gasteiger partial charge is 0.303 e. The van der Waals surface area contributed by atoms with Gasteiger partial charge in [-0.05, 0) is 26.3 Å². The topological polar surface area (TPSA) is 83.5 Å². The molecule has 0 amide bonds. The molecular formula is C21H47NO3. The number of rotatable bonds is 15. The van der Waals surface area contributed by atoms with Crippen molar-refractivity contribution in [1.82, 2.24) is 0 Å². The second-order valence-corrected chi connectivity index (χ2v) is 6.49. The molecular weight excluding hydrogens is 314 g/mol. The van der Waals surface area contributed by atoms with Crippen molar-refractivity contribution < 1.29 is 15.0 Å². The van der Waals surface area contributed by atoms with E-state index in [1.165, 1.54) is 77.0 Å². The van der Waals surface area contributed by atoms with Crippen LogP contribution in [0.5, 0.6) is 0 Å². The fraction of sp³-hybridized carbons (Fsp3) is 0.952. The summed E-state index contributed by atoms with van der Waals surface area (Å²) in [6, 6.07) is 0. The van der Waals surface area contributed by atoms with Crippen LogP contribution in [0.25, 0.3) is 0 Å². The van der Waals surface area contributed by atoms with E-state index < -0.39 is 5.97 Å². The minimum atomic E-state index is -0.657. The van der Waals surface area contributed by atoms with E-state index in [1.54, 1.807) is 6.92 Å². The molecule has 0 aliphatic carbocycles. The third-order valence-electron chi connectivity index (χ3n) is 3.80. The molecule has 0 saturated carbocycles. The molecule has 4 nitrogen and oxygen atoms in total. The van der Waals surface area contributed by atoms with Crippen molar-refractivity contribution in [1.29, 1.82) is 0 Å². The van der Waals surface area contributed by atoms with E-state index >= 15 is 0 Å². The molecule has 0 aliphatic heterocycles. The first kappa shape index (κ1) is 29.2. The largest absolute Gasteiger partial charge is 0.481 e. The van der Waals surface area contributed by atoms with Crippen LogP contribution in [0.4, 0.5) is 0 Å². The average Bonchev–Trinajstić information content (AvgIpc) is 2.59. The van der Waals surface area contributed by atoms with Crippen molar-refractivity contribution in [3.63, 3.8) is 0 Å². The minimum Gasteiger partial charge on any atom is -0.481 e. The maximum atomic E-state index is 10.3. The SMILES string of the molecule is CCCCCCCCCCCCCC(=O)O.CCCCCN.CCO. The summed E-state index contributed by atoms with van der Waals surface area (Å²) in [4.78, 5) is 10.3. The van der Waals surface area contributed by atoms with E-state index in [-0.39, 0.29) is 6.61 Å². The molecule has 0 aromatic rings. The van der Waals surface area contributed by atoms with E-state index in [0.29, 0.717) is 6.42 Å².